The first-order valence-electron chi connectivity index (χ1n) is 12.4. The number of carbonyl (C=O) groups is 1. The van der Waals surface area contributed by atoms with E-state index in [9.17, 15) is 15.0 Å². The number of hydrogen-bond acceptors (Lipinski definition) is 9. The third kappa shape index (κ3) is 5.98. The molecule has 196 valence electrons. The quantitative estimate of drug-likeness (QED) is 0.342. The van der Waals surface area contributed by atoms with Gasteiger partial charge >= 0.3 is 0 Å². The highest BCUT2D eigenvalue weighted by Gasteiger charge is 2.33. The van der Waals surface area contributed by atoms with E-state index in [2.05, 4.69) is 15.3 Å². The van der Waals surface area contributed by atoms with E-state index in [1.54, 1.807) is 6.92 Å². The Balaban J connectivity index is 1.49. The van der Waals surface area contributed by atoms with Gasteiger partial charge in [-0.3, -0.25) is 10.2 Å². The highest BCUT2D eigenvalue weighted by atomic mass is 16.5. The number of rotatable bonds is 8. The minimum atomic E-state index is -0.905. The number of carbonyl (C=O) groups excluding carboxylic acids is 1. The van der Waals surface area contributed by atoms with Crippen molar-refractivity contribution in [1.82, 2.24) is 14.9 Å². The number of ether oxygens (including phenoxy) is 1. The van der Waals surface area contributed by atoms with Crippen molar-refractivity contribution in [2.75, 3.05) is 24.2 Å². The maximum atomic E-state index is 12.6. The molecule has 1 saturated heterocycles. The van der Waals surface area contributed by atoms with Crippen LogP contribution in [0.15, 0.2) is 60.5 Å². The molecule has 1 aromatic heterocycles. The number of benzene rings is 1. The highest BCUT2D eigenvalue weighted by molar-refractivity contribution is 6.17. The van der Waals surface area contributed by atoms with E-state index in [4.69, 9.17) is 15.9 Å². The molecule has 4 rings (SSSR count). The van der Waals surface area contributed by atoms with Crippen LogP contribution in [0.3, 0.4) is 0 Å². The number of nitrogens with two attached hydrogens (primary N) is 1. The Bertz CT molecular complexity index is 1200. The fourth-order valence-corrected chi connectivity index (χ4v) is 4.50. The first-order chi connectivity index (χ1) is 17.7. The lowest BCUT2D eigenvalue weighted by molar-refractivity contribution is -0.149. The van der Waals surface area contributed by atoms with Crippen LogP contribution in [0.1, 0.15) is 38.7 Å². The summed E-state index contributed by atoms with van der Waals surface area (Å²) in [7, 11) is 0. The third-order valence-electron chi connectivity index (χ3n) is 6.72. The van der Waals surface area contributed by atoms with Gasteiger partial charge in [0.2, 0.25) is 5.91 Å². The molecule has 10 heteroatoms. The van der Waals surface area contributed by atoms with Crippen molar-refractivity contribution >= 4 is 23.3 Å². The number of likely N-dealkylation sites (tertiary alicyclic amines) is 1. The van der Waals surface area contributed by atoms with Crippen LogP contribution in [-0.4, -0.2) is 67.7 Å². The normalized spacial score (nSPS) is 24.2. The van der Waals surface area contributed by atoms with Crippen LogP contribution in [0.4, 0.5) is 11.6 Å². The monoisotopic (exact) mass is 506 g/mol. The van der Waals surface area contributed by atoms with E-state index in [1.165, 1.54) is 11.2 Å². The Morgan fingerprint density at radius 3 is 2.76 bits per heavy atom. The first-order valence-corrected chi connectivity index (χ1v) is 12.4. The van der Waals surface area contributed by atoms with E-state index < -0.39 is 17.7 Å². The summed E-state index contributed by atoms with van der Waals surface area (Å²) in [4.78, 5) is 22.4. The van der Waals surface area contributed by atoms with Gasteiger partial charge in [0.15, 0.2) is 0 Å². The number of anilines is 2. The van der Waals surface area contributed by atoms with Crippen LogP contribution < -0.4 is 15.8 Å². The van der Waals surface area contributed by atoms with Crippen molar-refractivity contribution in [2.24, 2.45) is 5.92 Å². The Morgan fingerprint density at radius 2 is 2.08 bits per heavy atom. The highest BCUT2D eigenvalue weighted by Crippen LogP contribution is 2.31. The molecule has 1 aliphatic carbocycles. The molecule has 4 atom stereocenters. The second kappa shape index (κ2) is 11.1. The molecule has 1 aliphatic heterocycles. The number of para-hydroxylation sites is 1. The van der Waals surface area contributed by atoms with Crippen molar-refractivity contribution < 1.29 is 19.7 Å². The summed E-state index contributed by atoms with van der Waals surface area (Å²) in [6, 6.07) is 9.36. The Kier molecular flexibility index (Phi) is 7.89. The lowest BCUT2D eigenvalue weighted by Crippen LogP contribution is -2.52. The summed E-state index contributed by atoms with van der Waals surface area (Å²) in [6.45, 7) is 3.56. The maximum Gasteiger partial charge on any atom is 0.229 e. The Hall–Kier alpha value is -3.76. The lowest BCUT2D eigenvalue weighted by atomic mass is 9.90. The van der Waals surface area contributed by atoms with E-state index in [0.29, 0.717) is 36.2 Å². The summed E-state index contributed by atoms with van der Waals surface area (Å²) in [5.74, 6) is 0.420. The molecular weight excluding hydrogens is 472 g/mol. The van der Waals surface area contributed by atoms with Gasteiger partial charge in [-0.15, -0.1) is 0 Å². The molecule has 1 aromatic carbocycles. The van der Waals surface area contributed by atoms with Gasteiger partial charge in [-0.25, -0.2) is 9.97 Å². The van der Waals surface area contributed by atoms with E-state index in [-0.39, 0.29) is 36.6 Å². The minimum absolute atomic E-state index is 0.170. The van der Waals surface area contributed by atoms with Crippen molar-refractivity contribution in [3.63, 3.8) is 0 Å². The van der Waals surface area contributed by atoms with Crippen LogP contribution in [-0.2, 0) is 4.79 Å². The van der Waals surface area contributed by atoms with Gasteiger partial charge in [0.1, 0.15) is 35.5 Å². The topological polar surface area (TPSA) is 158 Å². The predicted molar refractivity (Wildman–Crippen MR) is 141 cm³/mol. The number of allylic oxidation sites excluding steroid dienone is 2. The molecule has 6 N–H and O–H groups in total. The summed E-state index contributed by atoms with van der Waals surface area (Å²) in [5.41, 5.74) is 6.88. The molecule has 1 fully saturated rings. The molecule has 2 heterocycles. The second-order valence-corrected chi connectivity index (χ2v) is 9.76. The molecular formula is C27H34N6O4. The number of hydrogen-bond donors (Lipinski definition) is 5. The molecule has 4 unspecified atom stereocenters. The summed E-state index contributed by atoms with van der Waals surface area (Å²) in [6.07, 6.45) is 7.68. The third-order valence-corrected chi connectivity index (χ3v) is 6.72. The molecule has 2 aliphatic rings. The van der Waals surface area contributed by atoms with Gasteiger partial charge in [0, 0.05) is 19.0 Å². The lowest BCUT2D eigenvalue weighted by Gasteiger charge is -2.38. The molecule has 1 amide bonds. The van der Waals surface area contributed by atoms with Gasteiger partial charge in [-0.2, -0.15) is 0 Å². The van der Waals surface area contributed by atoms with Crippen LogP contribution in [0, 0.1) is 11.3 Å². The predicted octanol–water partition coefficient (Wildman–Crippen LogP) is 2.50. The molecule has 2 aromatic rings. The number of aromatic nitrogens is 2. The second-order valence-electron chi connectivity index (χ2n) is 9.76. The molecule has 0 bridgehead atoms. The van der Waals surface area contributed by atoms with Gasteiger partial charge in [-0.05, 0) is 43.5 Å². The molecule has 0 saturated carbocycles. The van der Waals surface area contributed by atoms with Crippen LogP contribution >= 0.6 is 0 Å². The SMILES string of the molecule is CC(CO)C(=O)N1CC(Nc2ncnc(N)c2C(=N)C2=CCC(C)(Oc3ccccc3)C=C2)CCC1O. The number of piperidine rings is 1. The van der Waals surface area contributed by atoms with Crippen LogP contribution in [0.2, 0.25) is 0 Å². The number of nitrogens with one attached hydrogen (secondary N) is 2. The van der Waals surface area contributed by atoms with E-state index >= 15 is 0 Å². The Labute approximate surface area is 216 Å². The van der Waals surface area contributed by atoms with Gasteiger partial charge in [0.05, 0.1) is 23.8 Å². The fourth-order valence-electron chi connectivity index (χ4n) is 4.50. The summed E-state index contributed by atoms with van der Waals surface area (Å²) < 4.78 is 6.16. The first kappa shape index (κ1) is 26.3. The van der Waals surface area contributed by atoms with E-state index in [1.807, 2.05) is 55.5 Å². The average molecular weight is 507 g/mol. The zero-order valence-corrected chi connectivity index (χ0v) is 21.1. The molecule has 0 radical (unpaired) electrons. The van der Waals surface area contributed by atoms with Crippen molar-refractivity contribution in [1.29, 1.82) is 5.41 Å². The van der Waals surface area contributed by atoms with Crippen molar-refractivity contribution in [2.45, 2.75) is 51.0 Å². The summed E-state index contributed by atoms with van der Waals surface area (Å²) >= 11 is 0. The van der Waals surface area contributed by atoms with Crippen molar-refractivity contribution in [3.8, 4) is 5.75 Å². The smallest absolute Gasteiger partial charge is 0.229 e. The zero-order chi connectivity index (χ0) is 26.6. The largest absolute Gasteiger partial charge is 0.483 e. The number of aliphatic hydroxyl groups excluding tert-OH is 2. The van der Waals surface area contributed by atoms with E-state index in [0.717, 1.165) is 5.75 Å². The minimum Gasteiger partial charge on any atom is -0.483 e. The maximum absolute atomic E-state index is 12.6. The van der Waals surface area contributed by atoms with Gasteiger partial charge in [0.25, 0.3) is 0 Å². The number of amides is 1. The number of nitrogen functional groups attached to an aromatic ring is 1. The Morgan fingerprint density at radius 1 is 1.32 bits per heavy atom. The van der Waals surface area contributed by atoms with Gasteiger partial charge < -0.3 is 30.9 Å². The standard InChI is InChI=1S/C27H34N6O4/c1-17(15-34)26(36)33-14-19(8-9-21(33)35)32-25-22(24(29)30-16-31-25)23(28)18-10-12-27(2,13-11-18)37-20-6-4-3-5-7-20/h3-7,10-12,16-17,19,21,28,34-35H,8-9,13-15H2,1-2H3,(H3,29,30,31,32). The molecule has 37 heavy (non-hydrogen) atoms. The fraction of sp³-hybridized carbons (Fsp3) is 0.407. The summed E-state index contributed by atoms with van der Waals surface area (Å²) in [5, 5.41) is 31.9. The van der Waals surface area contributed by atoms with Crippen molar-refractivity contribution in [3.05, 3.63) is 66.0 Å². The molecule has 10 nitrogen and oxygen atoms in total. The van der Waals surface area contributed by atoms with Crippen LogP contribution in [0.25, 0.3) is 0 Å². The number of aliphatic hydroxyl groups is 2. The zero-order valence-electron chi connectivity index (χ0n) is 21.1. The van der Waals surface area contributed by atoms with Gasteiger partial charge in [-0.1, -0.05) is 37.3 Å². The number of nitrogens with zero attached hydrogens (tertiary/aromatic N) is 3. The average Bonchev–Trinajstić information content (AvgIpc) is 2.89. The van der Waals surface area contributed by atoms with Crippen LogP contribution in [0.5, 0.6) is 5.75 Å². The molecule has 0 spiro atoms.